The summed E-state index contributed by atoms with van der Waals surface area (Å²) in [5, 5.41) is 15.5. The lowest BCUT2D eigenvalue weighted by atomic mass is 10.0. The van der Waals surface area contributed by atoms with Gasteiger partial charge in [0.15, 0.2) is 0 Å². The molecule has 0 bridgehead atoms. The van der Waals surface area contributed by atoms with Crippen LogP contribution in [0.5, 0.6) is 11.6 Å². The Bertz CT molecular complexity index is 2650. The molecule has 2 aliphatic heterocycles. The molecule has 0 aliphatic carbocycles. The van der Waals surface area contributed by atoms with Gasteiger partial charge >= 0.3 is 5.00 Å². The Hall–Kier alpha value is -7.55. The van der Waals surface area contributed by atoms with Gasteiger partial charge in [0, 0.05) is 35.5 Å². The summed E-state index contributed by atoms with van der Waals surface area (Å²) in [5.74, 6) is 0.831. The van der Waals surface area contributed by atoms with Crippen molar-refractivity contribution in [3.8, 4) is 23.5 Å². The summed E-state index contributed by atoms with van der Waals surface area (Å²) in [4.78, 5) is 94.4. The quantitative estimate of drug-likeness (QED) is 0.0313. The van der Waals surface area contributed by atoms with Crippen molar-refractivity contribution in [1.29, 1.82) is 0 Å². The zero-order valence-electron chi connectivity index (χ0n) is 31.6. The number of amides is 6. The number of nitrogens with one attached hydrogen (secondary N) is 3. The second-order valence-corrected chi connectivity index (χ2v) is 15.5. The molecule has 4 heterocycles. The molecule has 0 saturated carbocycles. The van der Waals surface area contributed by atoms with Crippen molar-refractivity contribution in [2.24, 2.45) is 5.73 Å². The van der Waals surface area contributed by atoms with Crippen LogP contribution in [0.2, 0.25) is 0 Å². The largest absolute Gasteiger partial charge is 0.490 e. The third-order valence-corrected chi connectivity index (χ3v) is 11.1. The van der Waals surface area contributed by atoms with E-state index in [9.17, 15) is 47.3 Å². The fourth-order valence-corrected chi connectivity index (χ4v) is 7.57. The zero-order chi connectivity index (χ0) is 43.8. The lowest BCUT2D eigenvalue weighted by Gasteiger charge is -2.27. The number of aromatic nitrogens is 2. The van der Waals surface area contributed by atoms with E-state index in [2.05, 4.69) is 37.2 Å². The SMILES string of the molecule is COc1nc(C#CCC(OCCOc2cccc3c2C(=O)N(C2CCC(=O)NC2=O)C3=O)C(N)=O)cnc1NS(=O)(=O)c1ccc(NC(=O)/C=C/c2ccc([N+](=O)[O-])s2)cc1. The molecule has 2 unspecified atom stereocenters. The van der Waals surface area contributed by atoms with E-state index in [4.69, 9.17) is 19.9 Å². The summed E-state index contributed by atoms with van der Waals surface area (Å²) in [6.45, 7) is -0.374. The predicted octanol–water partition coefficient (Wildman–Crippen LogP) is 2.00. The highest BCUT2D eigenvalue weighted by molar-refractivity contribution is 7.92. The highest BCUT2D eigenvalue weighted by Crippen LogP contribution is 2.34. The number of carbonyl (C=O) groups is 6. The van der Waals surface area contributed by atoms with Crippen LogP contribution in [-0.4, -0.2) is 96.1 Å². The number of methoxy groups -OCH3 is 1. The number of imide groups is 2. The molecule has 5 N–H and O–H groups in total. The van der Waals surface area contributed by atoms with Gasteiger partial charge in [0.05, 0.1) is 40.9 Å². The van der Waals surface area contributed by atoms with E-state index < -0.39 is 62.5 Å². The number of nitrogens with zero attached hydrogens (tertiary/aromatic N) is 4. The van der Waals surface area contributed by atoms with Crippen LogP contribution >= 0.6 is 11.3 Å². The molecule has 2 atom stereocenters. The van der Waals surface area contributed by atoms with E-state index in [0.717, 1.165) is 22.4 Å². The van der Waals surface area contributed by atoms with Crippen molar-refractivity contribution in [1.82, 2.24) is 20.2 Å². The fourth-order valence-electron chi connectivity index (χ4n) is 5.84. The van der Waals surface area contributed by atoms with Crippen molar-refractivity contribution in [2.75, 3.05) is 30.4 Å². The van der Waals surface area contributed by atoms with Gasteiger partial charge in [-0.15, -0.1) is 0 Å². The number of nitrogens with two attached hydrogens (primary N) is 1. The van der Waals surface area contributed by atoms with Gasteiger partial charge in [0.25, 0.3) is 27.7 Å². The number of primary amides is 1. The lowest BCUT2D eigenvalue weighted by molar-refractivity contribution is -0.380. The Morgan fingerprint density at radius 3 is 2.57 bits per heavy atom. The predicted molar refractivity (Wildman–Crippen MR) is 214 cm³/mol. The van der Waals surface area contributed by atoms with Crippen molar-refractivity contribution in [3.63, 3.8) is 0 Å². The van der Waals surface area contributed by atoms with E-state index in [1.807, 2.05) is 0 Å². The standard InChI is InChI=1S/C38H32N8O13S2/c1-57-36-34(44-61(55,56)24-12-8-21(9-13-24)41-29(47)15-10-23-11-17-31(60-23)46(53)54)40-20-22(42-36)4-2-7-28(33(39)49)59-19-18-58-27-6-3-5-25-32(27)38(52)45(37(25)51)26-14-16-30(48)43-35(26)50/h3,5-6,8-13,15,17,20,26,28H,7,14,16,18-19H2,1H3,(H2,39,49)(H,40,44)(H,41,47)(H,43,48,50)/b15-10+. The number of nitro groups is 1. The highest BCUT2D eigenvalue weighted by Gasteiger charge is 2.46. The molecule has 1 saturated heterocycles. The smallest absolute Gasteiger partial charge is 0.324 e. The lowest BCUT2D eigenvalue weighted by Crippen LogP contribution is -2.54. The van der Waals surface area contributed by atoms with E-state index in [0.29, 0.717) is 4.88 Å². The minimum atomic E-state index is -4.23. The second kappa shape index (κ2) is 18.6. The highest BCUT2D eigenvalue weighted by atomic mass is 32.2. The normalized spacial score (nSPS) is 15.4. The minimum absolute atomic E-state index is 0.00937. The molecule has 61 heavy (non-hydrogen) atoms. The Morgan fingerprint density at radius 1 is 1.11 bits per heavy atom. The number of piperidine rings is 1. The molecule has 4 aromatic rings. The molecule has 23 heteroatoms. The molecule has 0 radical (unpaired) electrons. The van der Waals surface area contributed by atoms with Gasteiger partial charge < -0.3 is 25.3 Å². The number of sulfonamides is 1. The number of thiophene rings is 1. The summed E-state index contributed by atoms with van der Waals surface area (Å²) in [5.41, 5.74) is 5.79. The molecule has 0 spiro atoms. The Morgan fingerprint density at radius 2 is 1.89 bits per heavy atom. The molecule has 6 amide bonds. The maximum absolute atomic E-state index is 13.3. The van der Waals surface area contributed by atoms with Crippen molar-refractivity contribution < 1.29 is 56.3 Å². The zero-order valence-corrected chi connectivity index (χ0v) is 33.2. The molecule has 6 rings (SSSR count). The van der Waals surface area contributed by atoms with Gasteiger partial charge in [0.1, 0.15) is 30.2 Å². The molecular weight excluding hydrogens is 841 g/mol. The number of carbonyl (C=O) groups excluding carboxylic acids is 6. The average molecular weight is 873 g/mol. The van der Waals surface area contributed by atoms with Gasteiger partial charge in [0.2, 0.25) is 29.4 Å². The summed E-state index contributed by atoms with van der Waals surface area (Å²) in [6.07, 6.45) is 2.30. The van der Waals surface area contributed by atoms with Gasteiger partial charge in [-0.05, 0) is 60.9 Å². The van der Waals surface area contributed by atoms with Gasteiger partial charge in [-0.25, -0.2) is 13.4 Å². The van der Waals surface area contributed by atoms with Crippen LogP contribution < -0.4 is 30.6 Å². The Labute approximate surface area is 349 Å². The maximum Gasteiger partial charge on any atom is 0.324 e. The monoisotopic (exact) mass is 872 g/mol. The van der Waals surface area contributed by atoms with Crippen LogP contribution in [0, 0.1) is 22.0 Å². The molecular formula is C38H32N8O13S2. The first-order valence-corrected chi connectivity index (χ1v) is 20.1. The first-order valence-electron chi connectivity index (χ1n) is 17.8. The molecule has 314 valence electrons. The van der Waals surface area contributed by atoms with Crippen LogP contribution in [-0.2, 0) is 33.9 Å². The maximum atomic E-state index is 13.3. The Kier molecular flexibility index (Phi) is 13.1. The van der Waals surface area contributed by atoms with Crippen molar-refractivity contribution in [2.45, 2.75) is 36.3 Å². The summed E-state index contributed by atoms with van der Waals surface area (Å²) in [7, 11) is -2.99. The minimum Gasteiger partial charge on any atom is -0.490 e. The number of benzene rings is 2. The van der Waals surface area contributed by atoms with Crippen LogP contribution in [0.15, 0.2) is 71.8 Å². The number of hydrogen-bond acceptors (Lipinski definition) is 16. The second-order valence-electron chi connectivity index (χ2n) is 12.7. The molecule has 2 aromatic heterocycles. The van der Waals surface area contributed by atoms with Gasteiger partial charge in [-0.2, -0.15) is 4.98 Å². The third-order valence-electron chi connectivity index (χ3n) is 8.70. The van der Waals surface area contributed by atoms with Crippen molar-refractivity contribution >= 4 is 79.4 Å². The molecule has 1 fully saturated rings. The number of fused-ring (bicyclic) bond motifs is 1. The summed E-state index contributed by atoms with van der Waals surface area (Å²) in [6, 6.07) is 11.2. The number of anilines is 2. The molecule has 2 aliphatic rings. The van der Waals surface area contributed by atoms with Crippen LogP contribution in [0.4, 0.5) is 16.5 Å². The van der Waals surface area contributed by atoms with Gasteiger partial charge in [-0.1, -0.05) is 23.3 Å². The number of rotatable bonds is 16. The van der Waals surface area contributed by atoms with E-state index >= 15 is 0 Å². The third kappa shape index (κ3) is 10.2. The fraction of sp³-hybridized carbons (Fsp3) is 0.211. The molecule has 2 aromatic carbocycles. The van der Waals surface area contributed by atoms with Crippen molar-refractivity contribution in [3.05, 3.63) is 98.7 Å². The number of hydrogen-bond donors (Lipinski definition) is 4. The topological polar surface area (TPSA) is 299 Å². The number of ether oxygens (including phenoxy) is 3. The van der Waals surface area contributed by atoms with E-state index in [-0.39, 0.29) is 82.3 Å². The van der Waals surface area contributed by atoms with Crippen LogP contribution in [0.25, 0.3) is 6.08 Å². The van der Waals surface area contributed by atoms with E-state index in [1.165, 1.54) is 73.9 Å². The Balaban J connectivity index is 1.01. The van der Waals surface area contributed by atoms with Crippen LogP contribution in [0.3, 0.4) is 0 Å². The van der Waals surface area contributed by atoms with E-state index in [1.54, 1.807) is 0 Å². The summed E-state index contributed by atoms with van der Waals surface area (Å²) < 4.78 is 45.1. The first-order chi connectivity index (χ1) is 29.1. The van der Waals surface area contributed by atoms with Crippen LogP contribution in [0.1, 0.15) is 50.5 Å². The average Bonchev–Trinajstić information content (AvgIpc) is 3.81. The van der Waals surface area contributed by atoms with Gasteiger partial charge in [-0.3, -0.25) is 53.8 Å². The summed E-state index contributed by atoms with van der Waals surface area (Å²) >= 11 is 0.897. The molecule has 21 nitrogen and oxygen atoms in total. The first kappa shape index (κ1) is 43.0.